The van der Waals surface area contributed by atoms with E-state index in [9.17, 15) is 14.9 Å². The van der Waals surface area contributed by atoms with E-state index in [-0.39, 0.29) is 22.8 Å². The summed E-state index contributed by atoms with van der Waals surface area (Å²) < 4.78 is 5.72. The van der Waals surface area contributed by atoms with Crippen molar-refractivity contribution >= 4 is 27.6 Å². The van der Waals surface area contributed by atoms with E-state index in [1.807, 2.05) is 0 Å². The van der Waals surface area contributed by atoms with Crippen LogP contribution in [0.3, 0.4) is 0 Å². The molecule has 2 N–H and O–H groups in total. The van der Waals surface area contributed by atoms with Crippen LogP contribution in [0.15, 0.2) is 22.7 Å². The van der Waals surface area contributed by atoms with Gasteiger partial charge in [-0.05, 0) is 34.8 Å². The van der Waals surface area contributed by atoms with E-state index in [4.69, 9.17) is 9.84 Å². The van der Waals surface area contributed by atoms with Gasteiger partial charge < -0.3 is 15.2 Å². The van der Waals surface area contributed by atoms with Gasteiger partial charge in [0.2, 0.25) is 0 Å². The van der Waals surface area contributed by atoms with E-state index >= 15 is 0 Å². The molecule has 1 aromatic rings. The molecule has 1 aromatic carbocycles. The molecular weight excluding hydrogens is 344 g/mol. The standard InChI is InChI=1S/C13H15BrN2O5/c14-12-10(16(19)20)2-1-3-11(12)21-7-6-9(13(17)18)15-8-4-5-8/h1-3,8-9,15H,4-7H2,(H,17,18). The maximum Gasteiger partial charge on any atom is 0.320 e. The van der Waals surface area contributed by atoms with Crippen LogP contribution in [-0.4, -0.2) is 34.7 Å². The van der Waals surface area contributed by atoms with Gasteiger partial charge in [0.1, 0.15) is 16.3 Å². The number of nitro groups is 1. The van der Waals surface area contributed by atoms with Crippen LogP contribution < -0.4 is 10.1 Å². The third-order valence-electron chi connectivity index (χ3n) is 3.12. The molecule has 1 fully saturated rings. The van der Waals surface area contributed by atoms with Gasteiger partial charge >= 0.3 is 5.97 Å². The van der Waals surface area contributed by atoms with Gasteiger partial charge in [0.05, 0.1) is 11.5 Å². The van der Waals surface area contributed by atoms with E-state index in [0.29, 0.717) is 12.2 Å². The number of rotatable bonds is 8. The Kier molecular flexibility index (Phi) is 5.13. The largest absolute Gasteiger partial charge is 0.492 e. The molecule has 1 aliphatic carbocycles. The molecule has 8 heteroatoms. The van der Waals surface area contributed by atoms with Gasteiger partial charge in [-0.3, -0.25) is 14.9 Å². The quantitative estimate of drug-likeness (QED) is 0.546. The zero-order valence-electron chi connectivity index (χ0n) is 11.1. The molecule has 7 nitrogen and oxygen atoms in total. The average molecular weight is 359 g/mol. The summed E-state index contributed by atoms with van der Waals surface area (Å²) >= 11 is 3.13. The van der Waals surface area contributed by atoms with Gasteiger partial charge in [0.25, 0.3) is 5.69 Å². The zero-order valence-corrected chi connectivity index (χ0v) is 12.7. The number of carboxylic acid groups (broad SMARTS) is 1. The van der Waals surface area contributed by atoms with Crippen molar-refractivity contribution in [3.8, 4) is 5.75 Å². The fourth-order valence-corrected chi connectivity index (χ4v) is 2.37. The van der Waals surface area contributed by atoms with Gasteiger partial charge in [0.15, 0.2) is 0 Å². The van der Waals surface area contributed by atoms with Crippen molar-refractivity contribution in [2.75, 3.05) is 6.61 Å². The van der Waals surface area contributed by atoms with Gasteiger partial charge in [-0.15, -0.1) is 0 Å². The van der Waals surface area contributed by atoms with Crippen molar-refractivity contribution in [2.24, 2.45) is 0 Å². The minimum Gasteiger partial charge on any atom is -0.492 e. The van der Waals surface area contributed by atoms with E-state index in [1.165, 1.54) is 12.1 Å². The predicted molar refractivity (Wildman–Crippen MR) is 78.5 cm³/mol. The highest BCUT2D eigenvalue weighted by atomic mass is 79.9. The first-order valence-corrected chi connectivity index (χ1v) is 7.33. The number of nitrogens with one attached hydrogen (secondary N) is 1. The molecule has 0 amide bonds. The third kappa shape index (κ3) is 4.40. The average Bonchev–Trinajstić information content (AvgIpc) is 3.23. The Hall–Kier alpha value is -1.67. The number of nitro benzene ring substituents is 1. The highest BCUT2D eigenvalue weighted by Gasteiger charge is 2.28. The van der Waals surface area contributed by atoms with Crippen LogP contribution in [0.25, 0.3) is 0 Å². The molecule has 0 heterocycles. The molecule has 114 valence electrons. The number of benzene rings is 1. The SMILES string of the molecule is O=C(O)C(CCOc1cccc([N+](=O)[O-])c1Br)NC1CC1. The van der Waals surface area contributed by atoms with Crippen molar-refractivity contribution in [3.05, 3.63) is 32.8 Å². The minimum absolute atomic E-state index is 0.0848. The Morgan fingerprint density at radius 2 is 2.29 bits per heavy atom. The number of nitrogens with zero attached hydrogens (tertiary/aromatic N) is 1. The maximum absolute atomic E-state index is 11.1. The molecule has 0 aromatic heterocycles. The second-order valence-electron chi connectivity index (χ2n) is 4.82. The van der Waals surface area contributed by atoms with Crippen LogP contribution in [0.5, 0.6) is 5.75 Å². The van der Waals surface area contributed by atoms with Crippen molar-refractivity contribution in [2.45, 2.75) is 31.3 Å². The Balaban J connectivity index is 1.91. The fourth-order valence-electron chi connectivity index (χ4n) is 1.85. The van der Waals surface area contributed by atoms with E-state index in [1.54, 1.807) is 6.07 Å². The predicted octanol–water partition coefficient (Wildman–Crippen LogP) is 2.33. The molecule has 1 aliphatic rings. The van der Waals surface area contributed by atoms with E-state index in [2.05, 4.69) is 21.2 Å². The highest BCUT2D eigenvalue weighted by molar-refractivity contribution is 9.10. The normalized spacial score (nSPS) is 15.5. The molecule has 0 radical (unpaired) electrons. The molecule has 1 saturated carbocycles. The monoisotopic (exact) mass is 358 g/mol. The lowest BCUT2D eigenvalue weighted by atomic mass is 10.2. The first-order valence-electron chi connectivity index (χ1n) is 6.53. The van der Waals surface area contributed by atoms with Gasteiger partial charge in [-0.1, -0.05) is 6.07 Å². The number of carbonyl (C=O) groups is 1. The van der Waals surface area contributed by atoms with Crippen LogP contribution in [0, 0.1) is 10.1 Å². The van der Waals surface area contributed by atoms with Gasteiger partial charge in [0, 0.05) is 18.5 Å². The highest BCUT2D eigenvalue weighted by Crippen LogP contribution is 2.33. The van der Waals surface area contributed by atoms with Crippen molar-refractivity contribution in [1.29, 1.82) is 0 Å². The Morgan fingerprint density at radius 1 is 1.57 bits per heavy atom. The molecule has 21 heavy (non-hydrogen) atoms. The summed E-state index contributed by atoms with van der Waals surface area (Å²) in [6, 6.07) is 4.12. The van der Waals surface area contributed by atoms with Crippen LogP contribution >= 0.6 is 15.9 Å². The first-order chi connectivity index (χ1) is 9.99. The number of ether oxygens (including phenoxy) is 1. The van der Waals surface area contributed by atoms with Gasteiger partial charge in [-0.2, -0.15) is 0 Å². The molecule has 0 spiro atoms. The number of aliphatic carboxylic acids is 1. The second kappa shape index (κ2) is 6.86. The number of halogens is 1. The second-order valence-corrected chi connectivity index (χ2v) is 5.61. The maximum atomic E-state index is 11.1. The molecule has 1 unspecified atom stereocenters. The molecule has 2 rings (SSSR count). The lowest BCUT2D eigenvalue weighted by Crippen LogP contribution is -2.39. The smallest absolute Gasteiger partial charge is 0.320 e. The fraction of sp³-hybridized carbons (Fsp3) is 0.462. The molecule has 0 bridgehead atoms. The molecular formula is C13H15BrN2O5. The minimum atomic E-state index is -0.913. The summed E-state index contributed by atoms with van der Waals surface area (Å²) in [5, 5.41) is 22.9. The third-order valence-corrected chi connectivity index (χ3v) is 3.91. The molecule has 0 saturated heterocycles. The van der Waals surface area contributed by atoms with Crippen LogP contribution in [0.1, 0.15) is 19.3 Å². The summed E-state index contributed by atoms with van der Waals surface area (Å²) in [5.74, 6) is -0.580. The summed E-state index contributed by atoms with van der Waals surface area (Å²) in [5.41, 5.74) is -0.0848. The Bertz CT molecular complexity index is 547. The van der Waals surface area contributed by atoms with Gasteiger partial charge in [-0.25, -0.2) is 0 Å². The van der Waals surface area contributed by atoms with Crippen molar-refractivity contribution in [3.63, 3.8) is 0 Å². The van der Waals surface area contributed by atoms with Crippen LogP contribution in [0.2, 0.25) is 0 Å². The number of carboxylic acids is 1. The van der Waals surface area contributed by atoms with E-state index < -0.39 is 16.9 Å². The number of hydrogen-bond donors (Lipinski definition) is 2. The summed E-state index contributed by atoms with van der Waals surface area (Å²) in [6.07, 6.45) is 2.29. The summed E-state index contributed by atoms with van der Waals surface area (Å²) in [7, 11) is 0. The molecule has 0 aliphatic heterocycles. The van der Waals surface area contributed by atoms with Crippen LogP contribution in [-0.2, 0) is 4.79 Å². The lowest BCUT2D eigenvalue weighted by molar-refractivity contribution is -0.385. The van der Waals surface area contributed by atoms with Crippen molar-refractivity contribution < 1.29 is 19.6 Å². The first kappa shape index (κ1) is 15.7. The lowest BCUT2D eigenvalue weighted by Gasteiger charge is -2.14. The summed E-state index contributed by atoms with van der Waals surface area (Å²) in [6.45, 7) is 0.163. The number of hydrogen-bond acceptors (Lipinski definition) is 5. The van der Waals surface area contributed by atoms with E-state index in [0.717, 1.165) is 12.8 Å². The Morgan fingerprint density at radius 3 is 2.86 bits per heavy atom. The zero-order chi connectivity index (χ0) is 15.4. The topological polar surface area (TPSA) is 102 Å². The van der Waals surface area contributed by atoms with Crippen molar-refractivity contribution in [1.82, 2.24) is 5.32 Å². The molecule has 1 atom stereocenters. The van der Waals surface area contributed by atoms with Crippen LogP contribution in [0.4, 0.5) is 5.69 Å². The summed E-state index contributed by atoms with van der Waals surface area (Å²) in [4.78, 5) is 21.4. The Labute approximate surface area is 129 Å².